The highest BCUT2D eigenvalue weighted by Crippen LogP contribution is 2.44. The van der Waals surface area contributed by atoms with Gasteiger partial charge in [-0.05, 0) is 49.6 Å². The van der Waals surface area contributed by atoms with Crippen LogP contribution in [0.3, 0.4) is 0 Å². The van der Waals surface area contributed by atoms with Crippen molar-refractivity contribution >= 4 is 17.7 Å². The molecule has 0 saturated heterocycles. The van der Waals surface area contributed by atoms with Crippen molar-refractivity contribution in [1.82, 2.24) is 5.32 Å². The van der Waals surface area contributed by atoms with E-state index in [4.69, 9.17) is 14.2 Å². The summed E-state index contributed by atoms with van der Waals surface area (Å²) in [6.07, 6.45) is -0.0851. The van der Waals surface area contributed by atoms with Crippen LogP contribution < -0.4 is 19.7 Å². The highest BCUT2D eigenvalue weighted by Gasteiger charge is 2.38. The topological polar surface area (TPSA) is 77.1 Å². The summed E-state index contributed by atoms with van der Waals surface area (Å²) in [7, 11) is 3.02. The van der Waals surface area contributed by atoms with Crippen LogP contribution in [0.5, 0.6) is 11.5 Å². The molecule has 8 heteroatoms. The molecule has 1 N–H and O–H groups in total. The molecule has 0 bridgehead atoms. The van der Waals surface area contributed by atoms with Crippen LogP contribution in [0.15, 0.2) is 36.4 Å². The molecule has 2 unspecified atom stereocenters. The van der Waals surface area contributed by atoms with Crippen LogP contribution in [0.4, 0.5) is 14.9 Å². The third-order valence-corrected chi connectivity index (χ3v) is 5.32. The standard InChI is InChI=1S/C23H27FN2O5/c1-5-31-23(28)26-14(2)9-18(17-11-20(29-3)21(30-4)12-19(17)26)22(27)25-13-15-7-6-8-16(24)10-15/h6-8,10-12,14,18H,5,9,13H2,1-4H3,(H,25,27). The van der Waals surface area contributed by atoms with Gasteiger partial charge in [-0.2, -0.15) is 0 Å². The molecule has 7 nitrogen and oxygen atoms in total. The number of amides is 2. The monoisotopic (exact) mass is 430 g/mol. The van der Waals surface area contributed by atoms with Gasteiger partial charge in [0.2, 0.25) is 5.91 Å². The zero-order valence-corrected chi connectivity index (χ0v) is 18.1. The number of anilines is 1. The van der Waals surface area contributed by atoms with Crippen LogP contribution in [0.25, 0.3) is 0 Å². The summed E-state index contributed by atoms with van der Waals surface area (Å²) >= 11 is 0. The Kier molecular flexibility index (Phi) is 6.99. The first-order valence-electron chi connectivity index (χ1n) is 10.1. The number of ether oxygens (including phenoxy) is 3. The van der Waals surface area contributed by atoms with Crippen LogP contribution in [0, 0.1) is 5.82 Å². The maximum absolute atomic E-state index is 13.4. The molecule has 166 valence electrons. The van der Waals surface area contributed by atoms with E-state index in [1.165, 1.54) is 31.3 Å². The lowest BCUT2D eigenvalue weighted by Gasteiger charge is -2.38. The van der Waals surface area contributed by atoms with Crippen LogP contribution in [-0.2, 0) is 16.1 Å². The number of carbonyl (C=O) groups excluding carboxylic acids is 2. The minimum Gasteiger partial charge on any atom is -0.493 e. The van der Waals surface area contributed by atoms with Gasteiger partial charge in [-0.3, -0.25) is 9.69 Å². The molecule has 1 heterocycles. The highest BCUT2D eigenvalue weighted by atomic mass is 19.1. The molecular formula is C23H27FN2O5. The van der Waals surface area contributed by atoms with Crippen LogP contribution in [-0.4, -0.2) is 38.9 Å². The van der Waals surface area contributed by atoms with E-state index in [9.17, 15) is 14.0 Å². The minimum atomic E-state index is -0.524. The number of nitrogens with one attached hydrogen (secondary N) is 1. The lowest BCUT2D eigenvalue weighted by molar-refractivity contribution is -0.123. The summed E-state index contributed by atoms with van der Waals surface area (Å²) in [6, 6.07) is 9.21. The number of fused-ring (bicyclic) bond motifs is 1. The first-order chi connectivity index (χ1) is 14.9. The van der Waals surface area contributed by atoms with Crippen molar-refractivity contribution in [2.75, 3.05) is 25.7 Å². The van der Waals surface area contributed by atoms with E-state index in [-0.39, 0.29) is 30.9 Å². The molecular weight excluding hydrogens is 403 g/mol. The molecule has 3 rings (SSSR count). The normalized spacial score (nSPS) is 17.5. The molecule has 0 saturated carbocycles. The Balaban J connectivity index is 1.95. The number of nitrogens with zero attached hydrogens (tertiary/aromatic N) is 1. The molecule has 2 atom stereocenters. The lowest BCUT2D eigenvalue weighted by Crippen LogP contribution is -2.46. The van der Waals surface area contributed by atoms with Crippen LogP contribution in [0.2, 0.25) is 0 Å². The van der Waals surface area contributed by atoms with E-state index >= 15 is 0 Å². The summed E-state index contributed by atoms with van der Waals surface area (Å²) in [5.41, 5.74) is 1.85. The van der Waals surface area contributed by atoms with Crippen molar-refractivity contribution in [2.24, 2.45) is 0 Å². The Bertz CT molecular complexity index is 965. The second-order valence-electron chi connectivity index (χ2n) is 7.32. The maximum Gasteiger partial charge on any atom is 0.414 e. The Morgan fingerprint density at radius 1 is 1.16 bits per heavy atom. The highest BCUT2D eigenvalue weighted by molar-refractivity contribution is 5.95. The Hall–Kier alpha value is -3.29. The molecule has 2 amide bonds. The molecule has 2 aromatic rings. The number of halogens is 1. The first kappa shape index (κ1) is 22.4. The van der Waals surface area contributed by atoms with Crippen molar-refractivity contribution in [3.63, 3.8) is 0 Å². The largest absolute Gasteiger partial charge is 0.493 e. The van der Waals surface area contributed by atoms with Gasteiger partial charge in [0.25, 0.3) is 0 Å². The number of hydrogen-bond acceptors (Lipinski definition) is 5. The number of carbonyl (C=O) groups is 2. The van der Waals surface area contributed by atoms with Crippen molar-refractivity contribution in [3.05, 3.63) is 53.3 Å². The molecule has 31 heavy (non-hydrogen) atoms. The van der Waals surface area contributed by atoms with Crippen LogP contribution in [0.1, 0.15) is 37.3 Å². The Morgan fingerprint density at radius 3 is 2.52 bits per heavy atom. The average Bonchev–Trinajstić information content (AvgIpc) is 2.76. The first-order valence-corrected chi connectivity index (χ1v) is 10.1. The molecule has 0 radical (unpaired) electrons. The predicted octanol–water partition coefficient (Wildman–Crippen LogP) is 4.00. The number of methoxy groups -OCH3 is 2. The molecule has 2 aromatic carbocycles. The summed E-state index contributed by atoms with van der Waals surface area (Å²) in [5, 5.41) is 2.88. The van der Waals surface area contributed by atoms with E-state index in [1.54, 1.807) is 31.2 Å². The summed E-state index contributed by atoms with van der Waals surface area (Å²) in [5.74, 6) is -0.187. The fourth-order valence-corrected chi connectivity index (χ4v) is 3.86. The fraction of sp³-hybridized carbons (Fsp3) is 0.391. The third-order valence-electron chi connectivity index (χ3n) is 5.32. The summed E-state index contributed by atoms with van der Waals surface area (Å²) in [4.78, 5) is 27.3. The van der Waals surface area contributed by atoms with E-state index in [0.29, 0.717) is 34.7 Å². The molecule has 0 aromatic heterocycles. The summed E-state index contributed by atoms with van der Waals surface area (Å²) in [6.45, 7) is 4.04. The predicted molar refractivity (Wildman–Crippen MR) is 114 cm³/mol. The van der Waals surface area contributed by atoms with Gasteiger partial charge in [0.15, 0.2) is 11.5 Å². The third kappa shape index (κ3) is 4.73. The van der Waals surface area contributed by atoms with Crippen molar-refractivity contribution in [3.8, 4) is 11.5 Å². The summed E-state index contributed by atoms with van der Waals surface area (Å²) < 4.78 is 29.5. The second kappa shape index (κ2) is 9.68. The van der Waals surface area contributed by atoms with E-state index in [1.807, 2.05) is 6.92 Å². The van der Waals surface area contributed by atoms with E-state index in [0.717, 1.165) is 0 Å². The Morgan fingerprint density at radius 2 is 1.87 bits per heavy atom. The van der Waals surface area contributed by atoms with Gasteiger partial charge >= 0.3 is 6.09 Å². The van der Waals surface area contributed by atoms with Crippen LogP contribution >= 0.6 is 0 Å². The SMILES string of the molecule is CCOC(=O)N1c2cc(OC)c(OC)cc2C(C(=O)NCc2cccc(F)c2)CC1C. The molecule has 1 aliphatic rings. The van der Waals surface area contributed by atoms with Crippen molar-refractivity contribution in [1.29, 1.82) is 0 Å². The van der Waals surface area contributed by atoms with Gasteiger partial charge in [-0.15, -0.1) is 0 Å². The van der Waals surface area contributed by atoms with Gasteiger partial charge in [0.05, 0.1) is 32.4 Å². The van der Waals surface area contributed by atoms with E-state index < -0.39 is 12.0 Å². The number of rotatable bonds is 6. The Labute approximate surface area is 181 Å². The average molecular weight is 430 g/mol. The lowest BCUT2D eigenvalue weighted by atomic mass is 9.85. The van der Waals surface area contributed by atoms with Gasteiger partial charge in [-0.1, -0.05) is 12.1 Å². The maximum atomic E-state index is 13.4. The zero-order valence-electron chi connectivity index (χ0n) is 18.1. The van der Waals surface area contributed by atoms with Gasteiger partial charge in [0, 0.05) is 18.7 Å². The molecule has 0 fully saturated rings. The molecule has 0 aliphatic carbocycles. The minimum absolute atomic E-state index is 0.200. The quantitative estimate of drug-likeness (QED) is 0.750. The zero-order chi connectivity index (χ0) is 22.5. The molecule has 1 aliphatic heterocycles. The van der Waals surface area contributed by atoms with Gasteiger partial charge in [-0.25, -0.2) is 9.18 Å². The van der Waals surface area contributed by atoms with Gasteiger partial charge in [0.1, 0.15) is 5.82 Å². The van der Waals surface area contributed by atoms with Gasteiger partial charge < -0.3 is 19.5 Å². The molecule has 0 spiro atoms. The fourth-order valence-electron chi connectivity index (χ4n) is 3.86. The van der Waals surface area contributed by atoms with E-state index in [2.05, 4.69) is 5.32 Å². The second-order valence-corrected chi connectivity index (χ2v) is 7.32. The van der Waals surface area contributed by atoms with Crippen molar-refractivity contribution in [2.45, 2.75) is 38.8 Å². The number of benzene rings is 2. The smallest absolute Gasteiger partial charge is 0.414 e. The number of hydrogen-bond donors (Lipinski definition) is 1. The van der Waals surface area contributed by atoms with Crippen molar-refractivity contribution < 1.29 is 28.2 Å².